The molecular formula is C14H22N2O2. The minimum Gasteiger partial charge on any atom is -0.396 e. The highest BCUT2D eigenvalue weighted by Gasteiger charge is 2.19. The number of carbonyl (C=O) groups excluding carboxylic acids is 1. The summed E-state index contributed by atoms with van der Waals surface area (Å²) in [5, 5.41) is 8.80. The Hall–Kier alpha value is -1.39. The van der Waals surface area contributed by atoms with Crippen molar-refractivity contribution in [1.29, 1.82) is 0 Å². The van der Waals surface area contributed by atoms with Gasteiger partial charge in [0.05, 0.1) is 6.04 Å². The molecule has 0 saturated carbocycles. The molecule has 0 bridgehead atoms. The third kappa shape index (κ3) is 4.47. The van der Waals surface area contributed by atoms with Crippen LogP contribution in [0, 0.1) is 0 Å². The number of rotatable bonds is 7. The average Bonchev–Trinajstić information content (AvgIpc) is 2.40. The molecular weight excluding hydrogens is 228 g/mol. The fraction of sp³-hybridized carbons (Fsp3) is 0.500. The molecule has 0 saturated heterocycles. The Morgan fingerprint density at radius 2 is 2.06 bits per heavy atom. The summed E-state index contributed by atoms with van der Waals surface area (Å²) < 4.78 is 0. The van der Waals surface area contributed by atoms with E-state index in [1.54, 1.807) is 4.90 Å². The molecule has 1 amide bonds. The van der Waals surface area contributed by atoms with Gasteiger partial charge >= 0.3 is 0 Å². The summed E-state index contributed by atoms with van der Waals surface area (Å²) in [6.07, 6.45) is 1.15. The fourth-order valence-electron chi connectivity index (χ4n) is 1.88. The van der Waals surface area contributed by atoms with Crippen LogP contribution < -0.4 is 5.73 Å². The first kappa shape index (κ1) is 14.7. The predicted octanol–water partition coefficient (Wildman–Crippen LogP) is 0.787. The fourth-order valence-corrected chi connectivity index (χ4v) is 1.88. The van der Waals surface area contributed by atoms with Crippen LogP contribution in [-0.4, -0.2) is 41.7 Å². The number of likely N-dealkylation sites (N-methyl/N-ethyl adjacent to an activating group) is 1. The van der Waals surface area contributed by atoms with Crippen LogP contribution in [0.4, 0.5) is 0 Å². The highest BCUT2D eigenvalue weighted by Crippen LogP contribution is 2.05. The van der Waals surface area contributed by atoms with E-state index < -0.39 is 6.04 Å². The van der Waals surface area contributed by atoms with Crippen LogP contribution >= 0.6 is 0 Å². The number of carbonyl (C=O) groups is 1. The lowest BCUT2D eigenvalue weighted by Crippen LogP contribution is -2.45. The molecule has 1 rings (SSSR count). The summed E-state index contributed by atoms with van der Waals surface area (Å²) in [4.78, 5) is 13.8. The van der Waals surface area contributed by atoms with Crippen molar-refractivity contribution in [2.75, 3.05) is 19.7 Å². The molecule has 0 heterocycles. The second-order valence-electron chi connectivity index (χ2n) is 4.29. The minimum absolute atomic E-state index is 0.0465. The van der Waals surface area contributed by atoms with Crippen molar-refractivity contribution in [2.24, 2.45) is 5.73 Å². The first-order valence-corrected chi connectivity index (χ1v) is 6.38. The van der Waals surface area contributed by atoms with E-state index >= 15 is 0 Å². The number of amides is 1. The van der Waals surface area contributed by atoms with E-state index in [9.17, 15) is 4.79 Å². The number of nitrogens with two attached hydrogens (primary N) is 1. The van der Waals surface area contributed by atoms with Crippen molar-refractivity contribution in [3.8, 4) is 0 Å². The van der Waals surface area contributed by atoms with Gasteiger partial charge in [-0.25, -0.2) is 0 Å². The first-order valence-electron chi connectivity index (χ1n) is 6.38. The van der Waals surface area contributed by atoms with Crippen molar-refractivity contribution in [2.45, 2.75) is 25.8 Å². The zero-order valence-corrected chi connectivity index (χ0v) is 10.9. The van der Waals surface area contributed by atoms with Crippen LogP contribution in [0.3, 0.4) is 0 Å². The van der Waals surface area contributed by atoms with Gasteiger partial charge in [-0.2, -0.15) is 0 Å². The first-order chi connectivity index (χ1) is 8.69. The quantitative estimate of drug-likeness (QED) is 0.752. The molecule has 18 heavy (non-hydrogen) atoms. The Morgan fingerprint density at radius 1 is 1.39 bits per heavy atom. The van der Waals surface area contributed by atoms with E-state index in [2.05, 4.69) is 0 Å². The number of nitrogens with zero attached hydrogens (tertiary/aromatic N) is 1. The molecule has 1 unspecified atom stereocenters. The molecule has 1 atom stereocenters. The average molecular weight is 250 g/mol. The van der Waals surface area contributed by atoms with Crippen molar-refractivity contribution >= 4 is 5.91 Å². The summed E-state index contributed by atoms with van der Waals surface area (Å²) >= 11 is 0. The number of aliphatic hydroxyl groups excluding tert-OH is 1. The van der Waals surface area contributed by atoms with Gasteiger partial charge in [-0.15, -0.1) is 0 Å². The molecule has 0 aliphatic carbocycles. The maximum absolute atomic E-state index is 12.1. The molecule has 4 nitrogen and oxygen atoms in total. The number of benzene rings is 1. The highest BCUT2D eigenvalue weighted by molar-refractivity contribution is 5.81. The molecule has 0 fully saturated rings. The molecule has 0 aliphatic heterocycles. The van der Waals surface area contributed by atoms with Gasteiger partial charge < -0.3 is 15.7 Å². The Kier molecular flexibility index (Phi) is 6.39. The van der Waals surface area contributed by atoms with Crippen LogP contribution in [0.5, 0.6) is 0 Å². The molecule has 0 aromatic heterocycles. The standard InChI is InChI=1S/C14H22N2O2/c1-2-16(9-6-10-17)14(18)13(15)11-12-7-4-3-5-8-12/h3-5,7-8,13,17H,2,6,9-11,15H2,1H3. The Balaban J connectivity index is 2.54. The molecule has 4 heteroatoms. The number of aliphatic hydroxyl groups is 1. The van der Waals surface area contributed by atoms with E-state index in [0.29, 0.717) is 25.9 Å². The molecule has 1 aromatic rings. The monoisotopic (exact) mass is 250 g/mol. The Bertz CT molecular complexity index is 354. The SMILES string of the molecule is CCN(CCCO)C(=O)C(N)Cc1ccccc1. The predicted molar refractivity (Wildman–Crippen MR) is 72.1 cm³/mol. The van der Waals surface area contributed by atoms with E-state index in [-0.39, 0.29) is 12.5 Å². The lowest BCUT2D eigenvalue weighted by molar-refractivity contribution is -0.132. The summed E-state index contributed by atoms with van der Waals surface area (Å²) in [6.45, 7) is 3.21. The van der Waals surface area contributed by atoms with Crippen molar-refractivity contribution in [3.05, 3.63) is 35.9 Å². The summed E-state index contributed by atoms with van der Waals surface area (Å²) in [5.41, 5.74) is 7.01. The van der Waals surface area contributed by atoms with Crippen LogP contribution in [0.25, 0.3) is 0 Å². The largest absolute Gasteiger partial charge is 0.396 e. The van der Waals surface area contributed by atoms with Gasteiger partial charge in [0.2, 0.25) is 5.91 Å². The summed E-state index contributed by atoms with van der Waals surface area (Å²) in [5.74, 6) is -0.0465. The van der Waals surface area contributed by atoms with Gasteiger partial charge in [0, 0.05) is 19.7 Å². The Morgan fingerprint density at radius 3 is 2.61 bits per heavy atom. The topological polar surface area (TPSA) is 66.6 Å². The summed E-state index contributed by atoms with van der Waals surface area (Å²) in [7, 11) is 0. The zero-order chi connectivity index (χ0) is 13.4. The third-order valence-electron chi connectivity index (χ3n) is 2.90. The van der Waals surface area contributed by atoms with E-state index in [0.717, 1.165) is 5.56 Å². The van der Waals surface area contributed by atoms with Crippen LogP contribution in [0.15, 0.2) is 30.3 Å². The van der Waals surface area contributed by atoms with Gasteiger partial charge in [0.1, 0.15) is 0 Å². The molecule has 100 valence electrons. The molecule has 0 radical (unpaired) electrons. The van der Waals surface area contributed by atoms with Crippen LogP contribution in [0.2, 0.25) is 0 Å². The zero-order valence-electron chi connectivity index (χ0n) is 10.9. The maximum Gasteiger partial charge on any atom is 0.239 e. The van der Waals surface area contributed by atoms with E-state index in [4.69, 9.17) is 10.8 Å². The van der Waals surface area contributed by atoms with Crippen LogP contribution in [-0.2, 0) is 11.2 Å². The second kappa shape index (κ2) is 7.84. The lowest BCUT2D eigenvalue weighted by Gasteiger charge is -2.24. The smallest absolute Gasteiger partial charge is 0.239 e. The third-order valence-corrected chi connectivity index (χ3v) is 2.90. The van der Waals surface area contributed by atoms with E-state index in [1.165, 1.54) is 0 Å². The van der Waals surface area contributed by atoms with Gasteiger partial charge in [0.25, 0.3) is 0 Å². The number of hydrogen-bond acceptors (Lipinski definition) is 3. The maximum atomic E-state index is 12.1. The van der Waals surface area contributed by atoms with Gasteiger partial charge in [-0.1, -0.05) is 30.3 Å². The van der Waals surface area contributed by atoms with Crippen molar-refractivity contribution < 1.29 is 9.90 Å². The van der Waals surface area contributed by atoms with Gasteiger partial charge in [-0.3, -0.25) is 4.79 Å². The lowest BCUT2D eigenvalue weighted by atomic mass is 10.1. The van der Waals surface area contributed by atoms with Gasteiger partial charge in [-0.05, 0) is 25.3 Å². The number of hydrogen-bond donors (Lipinski definition) is 2. The second-order valence-corrected chi connectivity index (χ2v) is 4.29. The normalized spacial score (nSPS) is 12.2. The summed E-state index contributed by atoms with van der Waals surface area (Å²) in [6, 6.07) is 9.25. The molecule has 1 aromatic carbocycles. The molecule has 0 spiro atoms. The Labute approximate surface area is 108 Å². The van der Waals surface area contributed by atoms with Gasteiger partial charge in [0.15, 0.2) is 0 Å². The molecule has 3 N–H and O–H groups in total. The van der Waals surface area contributed by atoms with E-state index in [1.807, 2.05) is 37.3 Å². The van der Waals surface area contributed by atoms with Crippen molar-refractivity contribution in [3.63, 3.8) is 0 Å². The van der Waals surface area contributed by atoms with Crippen molar-refractivity contribution in [1.82, 2.24) is 4.90 Å². The van der Waals surface area contributed by atoms with Crippen LogP contribution in [0.1, 0.15) is 18.9 Å². The minimum atomic E-state index is -0.508. The molecule has 0 aliphatic rings. The highest BCUT2D eigenvalue weighted by atomic mass is 16.3.